The van der Waals surface area contributed by atoms with E-state index in [1.54, 1.807) is 30.5 Å². The lowest BCUT2D eigenvalue weighted by molar-refractivity contribution is -0.130. The second-order valence-corrected chi connectivity index (χ2v) is 9.31. The highest BCUT2D eigenvalue weighted by atomic mass is 16.5. The van der Waals surface area contributed by atoms with Crippen molar-refractivity contribution in [3.8, 4) is 5.75 Å². The Bertz CT molecular complexity index is 1080. The van der Waals surface area contributed by atoms with Crippen molar-refractivity contribution in [1.82, 2.24) is 26.3 Å². The van der Waals surface area contributed by atoms with E-state index in [9.17, 15) is 19.2 Å². The quantitative estimate of drug-likeness (QED) is 0.464. The Kier molecular flexibility index (Phi) is 10.4. The number of amides is 4. The molecule has 0 fully saturated rings. The van der Waals surface area contributed by atoms with Crippen LogP contribution in [0, 0.1) is 5.92 Å². The van der Waals surface area contributed by atoms with Crippen molar-refractivity contribution in [3.63, 3.8) is 0 Å². The zero-order valence-electron chi connectivity index (χ0n) is 21.3. The van der Waals surface area contributed by atoms with Crippen LogP contribution in [0.15, 0.2) is 48.7 Å². The van der Waals surface area contributed by atoms with E-state index in [0.29, 0.717) is 25.1 Å². The van der Waals surface area contributed by atoms with Gasteiger partial charge in [0, 0.05) is 31.3 Å². The number of ether oxygens (including phenoxy) is 1. The number of nitrogens with one attached hydrogen (secondary N) is 4. The number of para-hydroxylation sites is 1. The number of hydrogen-bond donors (Lipinski definition) is 4. The van der Waals surface area contributed by atoms with Gasteiger partial charge in [-0.2, -0.15) is 0 Å². The second kappa shape index (κ2) is 14.0. The monoisotopic (exact) mass is 509 g/mol. The van der Waals surface area contributed by atoms with Gasteiger partial charge >= 0.3 is 0 Å². The molecule has 0 radical (unpaired) electrons. The molecule has 10 nitrogen and oxygen atoms in total. The molecule has 4 amide bonds. The first-order valence-electron chi connectivity index (χ1n) is 12.6. The normalized spacial score (nSPS) is 19.3. The smallest absolute Gasteiger partial charge is 0.255 e. The number of carbonyl (C=O) groups excluding carboxylic acids is 4. The number of fused-ring (bicyclic) bond motifs is 1. The van der Waals surface area contributed by atoms with Crippen LogP contribution in [0.2, 0.25) is 0 Å². The van der Waals surface area contributed by atoms with Gasteiger partial charge in [-0.25, -0.2) is 0 Å². The van der Waals surface area contributed by atoms with Gasteiger partial charge < -0.3 is 26.0 Å². The maximum Gasteiger partial charge on any atom is 0.255 e. The van der Waals surface area contributed by atoms with E-state index < -0.39 is 23.9 Å². The molecule has 2 aromatic rings. The van der Waals surface area contributed by atoms with Gasteiger partial charge in [0.25, 0.3) is 5.91 Å². The van der Waals surface area contributed by atoms with Crippen molar-refractivity contribution in [2.75, 3.05) is 19.7 Å². The topological polar surface area (TPSA) is 139 Å². The van der Waals surface area contributed by atoms with Gasteiger partial charge in [-0.1, -0.05) is 32.0 Å². The number of carbonyl (C=O) groups is 4. The van der Waals surface area contributed by atoms with E-state index in [0.717, 1.165) is 5.69 Å². The Balaban J connectivity index is 1.76. The summed E-state index contributed by atoms with van der Waals surface area (Å²) >= 11 is 0. The van der Waals surface area contributed by atoms with Crippen LogP contribution in [0.3, 0.4) is 0 Å². The minimum atomic E-state index is -0.961. The van der Waals surface area contributed by atoms with Crippen LogP contribution < -0.4 is 26.0 Å². The minimum absolute atomic E-state index is 0.0430. The molecule has 3 rings (SSSR count). The summed E-state index contributed by atoms with van der Waals surface area (Å²) in [5.74, 6) is -1.04. The molecule has 0 aliphatic carbocycles. The SMILES string of the molecule is CC(C)C[C@@H]1NC(=O)CC[C@@H](C(=O)NCCc2ccccn2)NC(=O)c2ccccc2OCCNC1=O. The molecule has 10 heteroatoms. The Morgan fingerprint density at radius 3 is 2.65 bits per heavy atom. The summed E-state index contributed by atoms with van der Waals surface area (Å²) in [6.07, 6.45) is 2.69. The molecule has 1 aromatic carbocycles. The highest BCUT2D eigenvalue weighted by molar-refractivity contribution is 5.99. The maximum atomic E-state index is 13.1. The van der Waals surface area contributed by atoms with E-state index >= 15 is 0 Å². The summed E-state index contributed by atoms with van der Waals surface area (Å²) in [4.78, 5) is 55.8. The average Bonchev–Trinajstić information content (AvgIpc) is 2.88. The molecule has 1 aliphatic rings. The number of rotatable bonds is 6. The van der Waals surface area contributed by atoms with Crippen LogP contribution >= 0.6 is 0 Å². The highest BCUT2D eigenvalue weighted by Gasteiger charge is 2.26. The molecule has 0 saturated carbocycles. The molecule has 198 valence electrons. The lowest BCUT2D eigenvalue weighted by atomic mass is 10.0. The minimum Gasteiger partial charge on any atom is -0.491 e. The van der Waals surface area contributed by atoms with Gasteiger partial charge in [0.05, 0.1) is 12.1 Å². The van der Waals surface area contributed by atoms with Crippen molar-refractivity contribution in [3.05, 3.63) is 59.9 Å². The number of aromatic nitrogens is 1. The standard InChI is InChI=1S/C27H35N5O5/c1-18(2)17-22-27(36)30-15-16-37-23-9-4-3-8-20(23)25(34)32-21(10-11-24(33)31-22)26(35)29-14-12-19-7-5-6-13-28-19/h3-9,13,18,21-22H,10-12,14-17H2,1-2H3,(H,29,35)(H,30,36)(H,31,33)(H,32,34)/t21-,22-/m0/s1. The van der Waals surface area contributed by atoms with Crippen LogP contribution in [-0.2, 0) is 20.8 Å². The number of benzene rings is 1. The largest absolute Gasteiger partial charge is 0.491 e. The Hall–Kier alpha value is -3.95. The van der Waals surface area contributed by atoms with Crippen LogP contribution in [-0.4, -0.2) is 60.4 Å². The van der Waals surface area contributed by atoms with Gasteiger partial charge in [-0.3, -0.25) is 24.2 Å². The van der Waals surface area contributed by atoms with E-state index in [2.05, 4.69) is 26.3 Å². The molecule has 2 heterocycles. The van der Waals surface area contributed by atoms with E-state index in [1.165, 1.54) is 0 Å². The molecular formula is C27H35N5O5. The summed E-state index contributed by atoms with van der Waals surface area (Å²) in [7, 11) is 0. The Morgan fingerprint density at radius 2 is 1.89 bits per heavy atom. The van der Waals surface area contributed by atoms with Crippen molar-refractivity contribution < 1.29 is 23.9 Å². The Morgan fingerprint density at radius 1 is 1.11 bits per heavy atom. The highest BCUT2D eigenvalue weighted by Crippen LogP contribution is 2.18. The predicted molar refractivity (Wildman–Crippen MR) is 138 cm³/mol. The van der Waals surface area contributed by atoms with Gasteiger partial charge in [-0.05, 0) is 43.0 Å². The van der Waals surface area contributed by atoms with Gasteiger partial charge in [0.15, 0.2) is 0 Å². The first-order valence-corrected chi connectivity index (χ1v) is 12.6. The molecule has 4 N–H and O–H groups in total. The predicted octanol–water partition coefficient (Wildman–Crippen LogP) is 1.36. The van der Waals surface area contributed by atoms with Crippen molar-refractivity contribution in [1.29, 1.82) is 0 Å². The molecule has 0 spiro atoms. The molecule has 2 atom stereocenters. The molecule has 1 aliphatic heterocycles. The van der Waals surface area contributed by atoms with Crippen molar-refractivity contribution >= 4 is 23.6 Å². The molecule has 1 aromatic heterocycles. The van der Waals surface area contributed by atoms with Crippen molar-refractivity contribution in [2.24, 2.45) is 5.92 Å². The summed E-state index contributed by atoms with van der Waals surface area (Å²) in [5, 5.41) is 11.1. The average molecular weight is 510 g/mol. The lowest BCUT2D eigenvalue weighted by Gasteiger charge is -2.21. The fraction of sp³-hybridized carbons (Fsp3) is 0.444. The number of pyridine rings is 1. The summed E-state index contributed by atoms with van der Waals surface area (Å²) < 4.78 is 5.76. The fourth-order valence-electron chi connectivity index (χ4n) is 3.97. The zero-order chi connectivity index (χ0) is 26.6. The van der Waals surface area contributed by atoms with Crippen LogP contribution in [0.4, 0.5) is 0 Å². The molecule has 37 heavy (non-hydrogen) atoms. The fourth-order valence-corrected chi connectivity index (χ4v) is 3.97. The third-order valence-corrected chi connectivity index (χ3v) is 5.84. The number of hydrogen-bond acceptors (Lipinski definition) is 6. The molecule has 0 bridgehead atoms. The Labute approximate surface area is 217 Å². The van der Waals surface area contributed by atoms with Crippen LogP contribution in [0.5, 0.6) is 5.75 Å². The second-order valence-electron chi connectivity index (χ2n) is 9.31. The van der Waals surface area contributed by atoms with E-state index in [-0.39, 0.29) is 49.3 Å². The van der Waals surface area contributed by atoms with Crippen LogP contribution in [0.25, 0.3) is 0 Å². The van der Waals surface area contributed by atoms with Gasteiger partial charge in [0.2, 0.25) is 17.7 Å². The molecule has 0 unspecified atom stereocenters. The zero-order valence-corrected chi connectivity index (χ0v) is 21.3. The van der Waals surface area contributed by atoms with E-state index in [1.807, 2.05) is 32.0 Å². The third-order valence-electron chi connectivity index (χ3n) is 5.84. The summed E-state index contributed by atoms with van der Waals surface area (Å²) in [6, 6.07) is 10.6. The van der Waals surface area contributed by atoms with Gasteiger partial charge in [-0.15, -0.1) is 0 Å². The first-order chi connectivity index (χ1) is 17.8. The first kappa shape index (κ1) is 27.6. The molecule has 0 saturated heterocycles. The van der Waals surface area contributed by atoms with Crippen LogP contribution in [0.1, 0.15) is 49.2 Å². The lowest BCUT2D eigenvalue weighted by Crippen LogP contribution is -2.49. The number of nitrogens with zero attached hydrogens (tertiary/aromatic N) is 1. The summed E-state index contributed by atoms with van der Waals surface area (Å²) in [6.45, 7) is 4.60. The van der Waals surface area contributed by atoms with Gasteiger partial charge in [0.1, 0.15) is 24.4 Å². The third kappa shape index (κ3) is 8.89. The summed E-state index contributed by atoms with van der Waals surface area (Å²) in [5.41, 5.74) is 1.09. The maximum absolute atomic E-state index is 13.1. The molecular weight excluding hydrogens is 474 g/mol. The van der Waals surface area contributed by atoms with E-state index in [4.69, 9.17) is 4.74 Å². The van der Waals surface area contributed by atoms with Crippen molar-refractivity contribution in [2.45, 2.75) is 51.6 Å².